The van der Waals surface area contributed by atoms with Crippen LogP contribution in [0.25, 0.3) is 17.3 Å². The molecule has 2 aromatic carbocycles. The SMILES string of the molecule is CCc1ccc(-c2nn(Cc3ccccc3)cc2/C=C/C(=O)N2CCC(C(=O)OC)CC2)cc1. The van der Waals surface area contributed by atoms with Crippen molar-refractivity contribution in [1.29, 1.82) is 0 Å². The second kappa shape index (κ2) is 11.0. The van der Waals surface area contributed by atoms with Crippen LogP contribution < -0.4 is 0 Å². The molecule has 6 nitrogen and oxygen atoms in total. The highest BCUT2D eigenvalue weighted by atomic mass is 16.5. The van der Waals surface area contributed by atoms with E-state index in [2.05, 4.69) is 43.3 Å². The molecule has 0 aliphatic carbocycles. The molecule has 4 rings (SSSR count). The Hall–Kier alpha value is -3.67. The summed E-state index contributed by atoms with van der Waals surface area (Å²) in [6.07, 6.45) is 7.71. The quantitative estimate of drug-likeness (QED) is 0.385. The highest BCUT2D eigenvalue weighted by Gasteiger charge is 2.27. The summed E-state index contributed by atoms with van der Waals surface area (Å²) in [7, 11) is 1.41. The minimum atomic E-state index is -0.188. The van der Waals surface area contributed by atoms with Crippen LogP contribution in [0.4, 0.5) is 0 Å². The maximum Gasteiger partial charge on any atom is 0.308 e. The molecule has 3 aromatic rings. The number of hydrogen-bond donors (Lipinski definition) is 0. The summed E-state index contributed by atoms with van der Waals surface area (Å²) in [6, 6.07) is 18.6. The number of aromatic nitrogens is 2. The van der Waals surface area contributed by atoms with E-state index in [1.54, 1.807) is 11.0 Å². The molecule has 1 aromatic heterocycles. The van der Waals surface area contributed by atoms with Crippen molar-refractivity contribution in [3.63, 3.8) is 0 Å². The molecule has 1 aliphatic heterocycles. The first kappa shape index (κ1) is 23.5. The van der Waals surface area contributed by atoms with E-state index in [9.17, 15) is 9.59 Å². The second-order valence-corrected chi connectivity index (χ2v) is 8.62. The summed E-state index contributed by atoms with van der Waals surface area (Å²) in [5, 5.41) is 4.85. The summed E-state index contributed by atoms with van der Waals surface area (Å²) in [4.78, 5) is 26.4. The van der Waals surface area contributed by atoms with Gasteiger partial charge in [-0.2, -0.15) is 5.10 Å². The topological polar surface area (TPSA) is 64.4 Å². The molecule has 0 N–H and O–H groups in total. The van der Waals surface area contributed by atoms with Crippen LogP contribution in [0.1, 0.15) is 36.5 Å². The summed E-state index contributed by atoms with van der Waals surface area (Å²) in [5.74, 6) is -0.356. The minimum absolute atomic E-state index is 0.0496. The third-order valence-corrected chi connectivity index (χ3v) is 6.36. The molecule has 6 heteroatoms. The molecule has 34 heavy (non-hydrogen) atoms. The number of esters is 1. The van der Waals surface area contributed by atoms with Gasteiger partial charge in [-0.15, -0.1) is 0 Å². The lowest BCUT2D eigenvalue weighted by atomic mass is 9.97. The Morgan fingerprint density at radius 1 is 1.03 bits per heavy atom. The van der Waals surface area contributed by atoms with Crippen molar-refractivity contribution in [1.82, 2.24) is 14.7 Å². The van der Waals surface area contributed by atoms with E-state index < -0.39 is 0 Å². The fourth-order valence-corrected chi connectivity index (χ4v) is 4.30. The van der Waals surface area contributed by atoms with Crippen molar-refractivity contribution >= 4 is 18.0 Å². The van der Waals surface area contributed by atoms with Crippen molar-refractivity contribution in [2.24, 2.45) is 5.92 Å². The molecule has 0 radical (unpaired) electrons. The number of ether oxygens (including phenoxy) is 1. The van der Waals surface area contributed by atoms with E-state index >= 15 is 0 Å². The lowest BCUT2D eigenvalue weighted by molar-refractivity contribution is -0.148. The Morgan fingerprint density at radius 2 is 1.74 bits per heavy atom. The molecule has 1 saturated heterocycles. The Bertz CT molecular complexity index is 1140. The first-order chi connectivity index (χ1) is 16.6. The number of aryl methyl sites for hydroxylation is 1. The molecule has 1 fully saturated rings. The molecule has 1 amide bonds. The third-order valence-electron chi connectivity index (χ3n) is 6.36. The van der Waals surface area contributed by atoms with Gasteiger partial charge in [0.15, 0.2) is 0 Å². The molecule has 176 valence electrons. The minimum Gasteiger partial charge on any atom is -0.469 e. The van der Waals surface area contributed by atoms with Gasteiger partial charge in [-0.3, -0.25) is 14.3 Å². The van der Waals surface area contributed by atoms with E-state index in [1.807, 2.05) is 35.2 Å². The number of methoxy groups -OCH3 is 1. The van der Waals surface area contributed by atoms with Crippen LogP contribution in [0, 0.1) is 5.92 Å². The number of nitrogens with zero attached hydrogens (tertiary/aromatic N) is 3. The molecule has 2 heterocycles. The van der Waals surface area contributed by atoms with E-state index in [4.69, 9.17) is 9.84 Å². The molecule has 1 aliphatic rings. The molecular formula is C28H31N3O3. The van der Waals surface area contributed by atoms with Gasteiger partial charge in [-0.25, -0.2) is 0 Å². The third kappa shape index (κ3) is 5.63. The zero-order chi connectivity index (χ0) is 23.9. The highest BCUT2D eigenvalue weighted by Crippen LogP contribution is 2.25. The second-order valence-electron chi connectivity index (χ2n) is 8.62. The summed E-state index contributed by atoms with van der Waals surface area (Å²) >= 11 is 0. The number of likely N-dealkylation sites (tertiary alicyclic amines) is 1. The Kier molecular flexibility index (Phi) is 7.58. The Balaban J connectivity index is 1.53. The van der Waals surface area contributed by atoms with Gasteiger partial charge in [0.05, 0.1) is 25.3 Å². The zero-order valence-electron chi connectivity index (χ0n) is 19.8. The maximum absolute atomic E-state index is 12.8. The van der Waals surface area contributed by atoms with Gasteiger partial charge in [0.2, 0.25) is 5.91 Å². The smallest absolute Gasteiger partial charge is 0.308 e. The molecule has 0 saturated carbocycles. The average Bonchev–Trinajstić information content (AvgIpc) is 3.29. The van der Waals surface area contributed by atoms with Crippen molar-refractivity contribution in [2.75, 3.05) is 20.2 Å². The van der Waals surface area contributed by atoms with Crippen LogP contribution in [0.3, 0.4) is 0 Å². The first-order valence-electron chi connectivity index (χ1n) is 11.8. The van der Waals surface area contributed by atoms with Gasteiger partial charge in [0, 0.05) is 36.5 Å². The lowest BCUT2D eigenvalue weighted by Gasteiger charge is -2.29. The van der Waals surface area contributed by atoms with Gasteiger partial charge in [-0.05, 0) is 36.5 Å². The van der Waals surface area contributed by atoms with Crippen LogP contribution in [-0.4, -0.2) is 46.8 Å². The lowest BCUT2D eigenvalue weighted by Crippen LogP contribution is -2.39. The number of carbonyl (C=O) groups is 2. The molecule has 0 unspecified atom stereocenters. The standard InChI is InChI=1S/C28H31N3O3/c1-3-21-9-11-23(12-10-21)27-25(20-31(29-27)19-22-7-5-4-6-8-22)13-14-26(32)30-17-15-24(16-18-30)28(33)34-2/h4-14,20,24H,3,15-19H2,1-2H3/b14-13+. The monoisotopic (exact) mass is 457 g/mol. The zero-order valence-corrected chi connectivity index (χ0v) is 19.8. The molecular weight excluding hydrogens is 426 g/mol. The fourth-order valence-electron chi connectivity index (χ4n) is 4.30. The van der Waals surface area contributed by atoms with Crippen LogP contribution in [0.15, 0.2) is 66.9 Å². The average molecular weight is 458 g/mol. The summed E-state index contributed by atoms with van der Waals surface area (Å²) in [5.41, 5.74) is 5.22. The fraction of sp³-hybridized carbons (Fsp3) is 0.321. The predicted molar refractivity (Wildman–Crippen MR) is 133 cm³/mol. The Morgan fingerprint density at radius 3 is 2.38 bits per heavy atom. The van der Waals surface area contributed by atoms with Gasteiger partial charge in [0.1, 0.15) is 0 Å². The van der Waals surface area contributed by atoms with E-state index in [0.29, 0.717) is 32.5 Å². The normalized spacial score (nSPS) is 14.5. The summed E-state index contributed by atoms with van der Waals surface area (Å²) in [6.45, 7) is 3.91. The van der Waals surface area contributed by atoms with Gasteiger partial charge in [-0.1, -0.05) is 61.5 Å². The maximum atomic E-state index is 12.8. The van der Waals surface area contributed by atoms with Crippen molar-refractivity contribution in [3.05, 3.63) is 83.6 Å². The number of amides is 1. The van der Waals surface area contributed by atoms with Crippen LogP contribution >= 0.6 is 0 Å². The molecule has 0 bridgehead atoms. The van der Waals surface area contributed by atoms with Crippen LogP contribution in [-0.2, 0) is 27.3 Å². The van der Waals surface area contributed by atoms with Gasteiger partial charge < -0.3 is 9.64 Å². The number of hydrogen-bond acceptors (Lipinski definition) is 4. The van der Waals surface area contributed by atoms with Gasteiger partial charge >= 0.3 is 5.97 Å². The van der Waals surface area contributed by atoms with Crippen molar-refractivity contribution in [2.45, 2.75) is 32.7 Å². The highest BCUT2D eigenvalue weighted by molar-refractivity contribution is 5.93. The van der Waals surface area contributed by atoms with Gasteiger partial charge in [0.25, 0.3) is 0 Å². The van der Waals surface area contributed by atoms with Crippen LogP contribution in [0.5, 0.6) is 0 Å². The van der Waals surface area contributed by atoms with Crippen molar-refractivity contribution in [3.8, 4) is 11.3 Å². The van der Waals surface area contributed by atoms with E-state index in [-0.39, 0.29) is 17.8 Å². The van der Waals surface area contributed by atoms with E-state index in [0.717, 1.165) is 28.8 Å². The summed E-state index contributed by atoms with van der Waals surface area (Å²) < 4.78 is 6.76. The number of rotatable bonds is 7. The number of benzene rings is 2. The number of carbonyl (C=O) groups excluding carboxylic acids is 2. The van der Waals surface area contributed by atoms with Crippen molar-refractivity contribution < 1.29 is 14.3 Å². The molecule has 0 atom stereocenters. The van der Waals surface area contributed by atoms with E-state index in [1.165, 1.54) is 12.7 Å². The largest absolute Gasteiger partial charge is 0.469 e. The first-order valence-corrected chi connectivity index (χ1v) is 11.8. The van der Waals surface area contributed by atoms with Crippen LogP contribution in [0.2, 0.25) is 0 Å². The Labute approximate surface area is 200 Å². The molecule has 0 spiro atoms. The predicted octanol–water partition coefficient (Wildman–Crippen LogP) is 4.59. The number of piperidine rings is 1.